The van der Waals surface area contributed by atoms with Crippen LogP contribution < -0.4 is 4.74 Å². The summed E-state index contributed by atoms with van der Waals surface area (Å²) in [7, 11) is 0. The number of para-hydroxylation sites is 1. The van der Waals surface area contributed by atoms with Gasteiger partial charge in [-0.15, -0.1) is 10.2 Å². The predicted molar refractivity (Wildman–Crippen MR) is 103 cm³/mol. The molecular weight excluding hydrogens is 446 g/mol. The maximum Gasteiger partial charge on any atom is 0.306 e. The first-order chi connectivity index (χ1) is 14.1. The first kappa shape index (κ1) is 18.9. The van der Waals surface area contributed by atoms with Gasteiger partial charge in [0.25, 0.3) is 5.89 Å². The summed E-state index contributed by atoms with van der Waals surface area (Å²) in [6.07, 6.45) is 2.92. The van der Waals surface area contributed by atoms with Crippen molar-refractivity contribution in [2.24, 2.45) is 0 Å². The zero-order valence-electron chi connectivity index (χ0n) is 14.9. The van der Waals surface area contributed by atoms with Crippen LogP contribution in [0, 0.1) is 10.1 Å². The zero-order valence-corrected chi connectivity index (χ0v) is 16.5. The number of aryl methyl sites for hydroxylation is 2. The van der Waals surface area contributed by atoms with Crippen molar-refractivity contribution in [1.29, 1.82) is 0 Å². The highest BCUT2D eigenvalue weighted by Crippen LogP contribution is 2.26. The standard InChI is InChI=1S/C18H14BrN5O5/c19-14-3-1-2-4-15(14)27-11-13-5-6-16(28-13)18-22-21-17(29-18)7-8-23-10-12(9-20-23)24(25)26/h1-6,9-10H,7-8,11H2. The summed E-state index contributed by atoms with van der Waals surface area (Å²) in [5.41, 5.74) is -0.0657. The third kappa shape index (κ3) is 4.51. The van der Waals surface area contributed by atoms with Crippen molar-refractivity contribution in [1.82, 2.24) is 20.0 Å². The van der Waals surface area contributed by atoms with Crippen molar-refractivity contribution in [3.63, 3.8) is 0 Å². The van der Waals surface area contributed by atoms with E-state index >= 15 is 0 Å². The van der Waals surface area contributed by atoms with Crippen LogP contribution in [0.25, 0.3) is 11.7 Å². The lowest BCUT2D eigenvalue weighted by atomic mass is 10.3. The molecule has 0 radical (unpaired) electrons. The van der Waals surface area contributed by atoms with Crippen LogP contribution in [-0.2, 0) is 19.6 Å². The molecular formula is C18H14BrN5O5. The SMILES string of the molecule is O=[N+]([O-])c1cnn(CCc2nnc(-c3ccc(COc4ccccc4Br)o3)o2)c1. The minimum atomic E-state index is -0.497. The fourth-order valence-corrected chi connectivity index (χ4v) is 2.91. The highest BCUT2D eigenvalue weighted by atomic mass is 79.9. The Balaban J connectivity index is 1.35. The molecule has 0 aliphatic carbocycles. The molecule has 0 N–H and O–H groups in total. The quantitative estimate of drug-likeness (QED) is 0.286. The van der Waals surface area contributed by atoms with Gasteiger partial charge in [0, 0.05) is 13.0 Å². The van der Waals surface area contributed by atoms with E-state index in [4.69, 9.17) is 13.6 Å². The molecule has 0 unspecified atom stereocenters. The van der Waals surface area contributed by atoms with Crippen molar-refractivity contribution >= 4 is 21.6 Å². The van der Waals surface area contributed by atoms with E-state index in [1.807, 2.05) is 24.3 Å². The molecule has 3 aromatic heterocycles. The van der Waals surface area contributed by atoms with Gasteiger partial charge in [-0.2, -0.15) is 5.10 Å². The third-order valence-corrected chi connectivity index (χ3v) is 4.59. The molecule has 0 atom stereocenters. The zero-order chi connectivity index (χ0) is 20.2. The van der Waals surface area contributed by atoms with E-state index in [0.29, 0.717) is 36.1 Å². The highest BCUT2D eigenvalue weighted by molar-refractivity contribution is 9.10. The fourth-order valence-electron chi connectivity index (χ4n) is 2.51. The van der Waals surface area contributed by atoms with E-state index in [9.17, 15) is 10.1 Å². The normalized spacial score (nSPS) is 10.9. The van der Waals surface area contributed by atoms with E-state index in [2.05, 4.69) is 31.2 Å². The second-order valence-electron chi connectivity index (χ2n) is 5.95. The lowest BCUT2D eigenvalue weighted by molar-refractivity contribution is -0.385. The monoisotopic (exact) mass is 459 g/mol. The summed E-state index contributed by atoms with van der Waals surface area (Å²) in [6.45, 7) is 0.625. The number of aromatic nitrogens is 4. The second-order valence-corrected chi connectivity index (χ2v) is 6.81. The van der Waals surface area contributed by atoms with Crippen LogP contribution in [0.5, 0.6) is 5.75 Å². The van der Waals surface area contributed by atoms with Crippen LogP contribution in [0.3, 0.4) is 0 Å². The molecule has 0 saturated heterocycles. The van der Waals surface area contributed by atoms with Crippen LogP contribution in [0.1, 0.15) is 11.7 Å². The number of furan rings is 1. The van der Waals surface area contributed by atoms with Gasteiger partial charge in [-0.25, -0.2) is 0 Å². The molecule has 10 nitrogen and oxygen atoms in total. The molecule has 1 aromatic carbocycles. The van der Waals surface area contributed by atoms with Gasteiger partial charge in [0.2, 0.25) is 5.89 Å². The molecule has 4 rings (SSSR count). The van der Waals surface area contributed by atoms with Gasteiger partial charge in [0.15, 0.2) is 5.76 Å². The first-order valence-electron chi connectivity index (χ1n) is 8.54. The summed E-state index contributed by atoms with van der Waals surface area (Å²) in [6, 6.07) is 11.0. The number of rotatable bonds is 8. The molecule has 11 heteroatoms. The Bertz CT molecular complexity index is 1140. The Labute approximate surface area is 172 Å². The lowest BCUT2D eigenvalue weighted by Crippen LogP contribution is -2.01. The van der Waals surface area contributed by atoms with E-state index < -0.39 is 4.92 Å². The van der Waals surface area contributed by atoms with E-state index in [-0.39, 0.29) is 18.2 Å². The summed E-state index contributed by atoms with van der Waals surface area (Å²) < 4.78 is 19.3. The molecule has 0 fully saturated rings. The maximum atomic E-state index is 10.7. The largest absolute Gasteiger partial charge is 0.484 e. The van der Waals surface area contributed by atoms with Gasteiger partial charge >= 0.3 is 5.69 Å². The van der Waals surface area contributed by atoms with Crippen molar-refractivity contribution < 1.29 is 18.5 Å². The number of nitrogens with zero attached hydrogens (tertiary/aromatic N) is 5. The Morgan fingerprint density at radius 2 is 2.03 bits per heavy atom. The molecule has 3 heterocycles. The Morgan fingerprint density at radius 1 is 1.17 bits per heavy atom. The van der Waals surface area contributed by atoms with Crippen LogP contribution in [0.2, 0.25) is 0 Å². The summed E-state index contributed by atoms with van der Waals surface area (Å²) in [4.78, 5) is 10.2. The molecule has 0 amide bonds. The fraction of sp³-hybridized carbons (Fsp3) is 0.167. The number of hydrogen-bond acceptors (Lipinski definition) is 8. The van der Waals surface area contributed by atoms with Gasteiger partial charge in [0.1, 0.15) is 30.5 Å². The second kappa shape index (κ2) is 8.27. The third-order valence-electron chi connectivity index (χ3n) is 3.93. The molecule has 29 heavy (non-hydrogen) atoms. The van der Waals surface area contributed by atoms with Gasteiger partial charge in [-0.3, -0.25) is 14.8 Å². The Kier molecular flexibility index (Phi) is 5.38. The predicted octanol–water partition coefficient (Wildman–Crippen LogP) is 4.02. The summed E-state index contributed by atoms with van der Waals surface area (Å²) >= 11 is 3.43. The number of ether oxygens (including phenoxy) is 1. The number of hydrogen-bond donors (Lipinski definition) is 0. The maximum absolute atomic E-state index is 10.7. The first-order valence-corrected chi connectivity index (χ1v) is 9.33. The molecule has 0 aliphatic heterocycles. The lowest BCUT2D eigenvalue weighted by Gasteiger charge is -2.05. The van der Waals surface area contributed by atoms with Gasteiger partial charge in [-0.05, 0) is 40.2 Å². The molecule has 0 aliphatic rings. The molecule has 0 bridgehead atoms. The van der Waals surface area contributed by atoms with Gasteiger partial charge in [0.05, 0.1) is 9.40 Å². The average molecular weight is 460 g/mol. The van der Waals surface area contributed by atoms with Crippen LogP contribution in [0.4, 0.5) is 5.69 Å². The van der Waals surface area contributed by atoms with E-state index in [0.717, 1.165) is 4.47 Å². The van der Waals surface area contributed by atoms with Gasteiger partial charge < -0.3 is 13.6 Å². The van der Waals surface area contributed by atoms with Crippen molar-refractivity contribution in [2.75, 3.05) is 0 Å². The Morgan fingerprint density at radius 3 is 2.83 bits per heavy atom. The number of halogens is 1. The van der Waals surface area contributed by atoms with E-state index in [1.54, 1.807) is 12.1 Å². The summed E-state index contributed by atoms with van der Waals surface area (Å²) in [5.74, 6) is 2.38. The number of benzene rings is 1. The van der Waals surface area contributed by atoms with Gasteiger partial charge in [-0.1, -0.05) is 12.1 Å². The Hall–Kier alpha value is -3.47. The van der Waals surface area contributed by atoms with Crippen molar-refractivity contribution in [2.45, 2.75) is 19.6 Å². The van der Waals surface area contributed by atoms with Crippen LogP contribution >= 0.6 is 15.9 Å². The average Bonchev–Trinajstić information content (AvgIpc) is 3.45. The van der Waals surface area contributed by atoms with Crippen LogP contribution in [0.15, 0.2) is 62.1 Å². The molecule has 0 saturated carbocycles. The molecule has 4 aromatic rings. The molecule has 0 spiro atoms. The van der Waals surface area contributed by atoms with Crippen LogP contribution in [-0.4, -0.2) is 24.9 Å². The minimum Gasteiger partial charge on any atom is -0.484 e. The topological polar surface area (TPSA) is 122 Å². The van der Waals surface area contributed by atoms with Crippen molar-refractivity contribution in [3.05, 3.63) is 75.0 Å². The molecule has 148 valence electrons. The highest BCUT2D eigenvalue weighted by Gasteiger charge is 2.14. The number of nitro groups is 1. The van der Waals surface area contributed by atoms with Crippen molar-refractivity contribution in [3.8, 4) is 17.4 Å². The smallest absolute Gasteiger partial charge is 0.306 e. The minimum absolute atomic E-state index is 0.0657. The summed E-state index contributed by atoms with van der Waals surface area (Å²) in [5, 5.41) is 22.6. The van der Waals surface area contributed by atoms with E-state index in [1.165, 1.54) is 17.1 Å².